The van der Waals surface area contributed by atoms with Gasteiger partial charge in [-0.15, -0.1) is 0 Å². The van der Waals surface area contributed by atoms with Gasteiger partial charge in [0.2, 0.25) is 5.91 Å². The lowest BCUT2D eigenvalue weighted by atomic mass is 10.0. The average Bonchev–Trinajstić information content (AvgIpc) is 3.37. The van der Waals surface area contributed by atoms with E-state index in [2.05, 4.69) is 116 Å². The summed E-state index contributed by atoms with van der Waals surface area (Å²) in [5.41, 5.74) is 0. The second-order valence-corrected chi connectivity index (χ2v) is 23.1. The molecular weight excluding hydrogens is 948 g/mol. The number of carbonyl (C=O) groups is 1. The van der Waals surface area contributed by atoms with Gasteiger partial charge in [0.25, 0.3) is 7.82 Å². The molecule has 0 aliphatic rings. The first-order valence-electron chi connectivity index (χ1n) is 30.7. The van der Waals surface area contributed by atoms with Gasteiger partial charge in [0.15, 0.2) is 0 Å². The third-order valence-corrected chi connectivity index (χ3v) is 14.2. The summed E-state index contributed by atoms with van der Waals surface area (Å²) < 4.78 is 23.3. The fourth-order valence-electron chi connectivity index (χ4n) is 8.44. The van der Waals surface area contributed by atoms with Crippen molar-refractivity contribution in [2.75, 3.05) is 40.9 Å². The van der Waals surface area contributed by atoms with Crippen molar-refractivity contribution in [2.24, 2.45) is 0 Å². The number of aliphatic hydroxyl groups is 1. The van der Waals surface area contributed by atoms with Crippen molar-refractivity contribution in [3.63, 3.8) is 0 Å². The predicted octanol–water partition coefficient (Wildman–Crippen LogP) is 18.5. The summed E-state index contributed by atoms with van der Waals surface area (Å²) in [5.74, 6) is -0.210. The van der Waals surface area contributed by atoms with Crippen LogP contribution >= 0.6 is 7.82 Å². The summed E-state index contributed by atoms with van der Waals surface area (Å²) in [5, 5.41) is 13.9. The van der Waals surface area contributed by atoms with Gasteiger partial charge >= 0.3 is 0 Å². The van der Waals surface area contributed by atoms with E-state index in [9.17, 15) is 19.4 Å². The highest BCUT2D eigenvalue weighted by Crippen LogP contribution is 2.38. The van der Waals surface area contributed by atoms with Gasteiger partial charge in [-0.2, -0.15) is 0 Å². The number of carbonyl (C=O) groups excluding carboxylic acids is 1. The highest BCUT2D eigenvalue weighted by molar-refractivity contribution is 7.45. The van der Waals surface area contributed by atoms with E-state index >= 15 is 0 Å². The normalized spacial score (nSPS) is 14.6. The molecule has 3 unspecified atom stereocenters. The van der Waals surface area contributed by atoms with Crippen LogP contribution in [0, 0.1) is 0 Å². The van der Waals surface area contributed by atoms with E-state index in [0.29, 0.717) is 17.4 Å². The minimum absolute atomic E-state index is 0.00981. The van der Waals surface area contributed by atoms with Crippen molar-refractivity contribution in [1.82, 2.24) is 5.32 Å². The summed E-state index contributed by atoms with van der Waals surface area (Å²) in [4.78, 5) is 25.5. The number of nitrogens with one attached hydrogen (secondary N) is 1. The number of phosphoric ester groups is 1. The molecule has 0 aliphatic carbocycles. The third-order valence-electron chi connectivity index (χ3n) is 13.2. The van der Waals surface area contributed by atoms with Crippen LogP contribution in [0.2, 0.25) is 0 Å². The summed E-state index contributed by atoms with van der Waals surface area (Å²) in [7, 11) is 1.24. The lowest BCUT2D eigenvalue weighted by Gasteiger charge is -2.29. The van der Waals surface area contributed by atoms with Crippen molar-refractivity contribution in [3.8, 4) is 0 Å². The first-order chi connectivity index (χ1) is 36.5. The Kier molecular flexibility index (Phi) is 53.8. The fourth-order valence-corrected chi connectivity index (χ4v) is 9.17. The number of hydrogen-bond donors (Lipinski definition) is 2. The maximum atomic E-state index is 13.0. The first-order valence-corrected chi connectivity index (χ1v) is 32.2. The average molecular weight is 1070 g/mol. The topological polar surface area (TPSA) is 108 Å². The molecule has 2 N–H and O–H groups in total. The van der Waals surface area contributed by atoms with Crippen LogP contribution in [0.3, 0.4) is 0 Å². The number of likely N-dealkylation sites (N-methyl/N-ethyl adjacent to an activating group) is 1. The van der Waals surface area contributed by atoms with Crippen molar-refractivity contribution in [1.29, 1.82) is 0 Å². The van der Waals surface area contributed by atoms with Crippen molar-refractivity contribution in [3.05, 3.63) is 109 Å². The molecule has 1 amide bonds. The molecule has 0 aliphatic heterocycles. The number of quaternary nitrogens is 1. The molecule has 0 radical (unpaired) electrons. The van der Waals surface area contributed by atoms with Crippen LogP contribution in [0.25, 0.3) is 0 Å². The molecule has 0 aromatic heterocycles. The molecule has 3 atom stereocenters. The van der Waals surface area contributed by atoms with Crippen molar-refractivity contribution < 1.29 is 32.9 Å². The molecule has 75 heavy (non-hydrogen) atoms. The summed E-state index contributed by atoms with van der Waals surface area (Å²) in [6, 6.07) is -0.909. The lowest BCUT2D eigenvalue weighted by molar-refractivity contribution is -0.870. The monoisotopic (exact) mass is 1060 g/mol. The third kappa shape index (κ3) is 58.7. The van der Waals surface area contributed by atoms with Gasteiger partial charge in [0.05, 0.1) is 39.9 Å². The van der Waals surface area contributed by atoms with E-state index in [0.717, 1.165) is 83.5 Å². The van der Waals surface area contributed by atoms with Gasteiger partial charge in [0.1, 0.15) is 13.2 Å². The summed E-state index contributed by atoms with van der Waals surface area (Å²) in [6.07, 6.45) is 81.8. The number of amides is 1. The molecular formula is C66H117N2O6P. The van der Waals surface area contributed by atoms with E-state index < -0.39 is 26.6 Å². The van der Waals surface area contributed by atoms with Crippen LogP contribution in [-0.4, -0.2) is 68.5 Å². The highest BCUT2D eigenvalue weighted by Gasteiger charge is 2.23. The Labute approximate surface area is 463 Å². The lowest BCUT2D eigenvalue weighted by Crippen LogP contribution is -2.45. The van der Waals surface area contributed by atoms with Crippen molar-refractivity contribution in [2.45, 2.75) is 264 Å². The second-order valence-electron chi connectivity index (χ2n) is 21.7. The highest BCUT2D eigenvalue weighted by atomic mass is 31.2. The largest absolute Gasteiger partial charge is 0.756 e. The molecule has 0 rings (SSSR count). The molecule has 0 fully saturated rings. The van der Waals surface area contributed by atoms with Gasteiger partial charge in [0, 0.05) is 6.42 Å². The molecule has 0 spiro atoms. The zero-order valence-electron chi connectivity index (χ0n) is 49.2. The maximum Gasteiger partial charge on any atom is 0.268 e. The zero-order chi connectivity index (χ0) is 54.9. The van der Waals surface area contributed by atoms with E-state index in [1.165, 1.54) is 148 Å². The zero-order valence-corrected chi connectivity index (χ0v) is 50.1. The number of unbranched alkanes of at least 4 members (excludes halogenated alkanes) is 26. The van der Waals surface area contributed by atoms with E-state index in [1.807, 2.05) is 27.2 Å². The maximum absolute atomic E-state index is 13.0. The van der Waals surface area contributed by atoms with Gasteiger partial charge in [-0.3, -0.25) is 9.36 Å². The quantitative estimate of drug-likeness (QED) is 0.0272. The number of hydrogen-bond acceptors (Lipinski definition) is 6. The van der Waals surface area contributed by atoms with Crippen molar-refractivity contribution >= 4 is 13.7 Å². The Balaban J connectivity index is 4.09. The summed E-state index contributed by atoms with van der Waals surface area (Å²) in [6.45, 7) is 4.51. The first kappa shape index (κ1) is 72.2. The Morgan fingerprint density at radius 1 is 0.480 bits per heavy atom. The fraction of sp³-hybridized carbons (Fsp3) is 0.712. The van der Waals surface area contributed by atoms with Crippen LogP contribution in [0.4, 0.5) is 0 Å². The Morgan fingerprint density at radius 2 is 0.827 bits per heavy atom. The van der Waals surface area contributed by atoms with Crippen LogP contribution in [-0.2, 0) is 18.4 Å². The second kappa shape index (κ2) is 55.9. The molecule has 0 heterocycles. The van der Waals surface area contributed by atoms with Gasteiger partial charge < -0.3 is 28.8 Å². The Hall–Kier alpha value is -2.84. The smallest absolute Gasteiger partial charge is 0.268 e. The number of rotatable bonds is 55. The van der Waals surface area contributed by atoms with Gasteiger partial charge in [-0.1, -0.05) is 264 Å². The van der Waals surface area contributed by atoms with Crippen LogP contribution in [0.15, 0.2) is 109 Å². The Bertz CT molecular complexity index is 1590. The molecule has 0 bridgehead atoms. The van der Waals surface area contributed by atoms with Crippen LogP contribution < -0.4 is 10.2 Å². The van der Waals surface area contributed by atoms with Crippen LogP contribution in [0.1, 0.15) is 251 Å². The predicted molar refractivity (Wildman–Crippen MR) is 325 cm³/mol. The molecule has 0 aromatic rings. The minimum atomic E-state index is -4.61. The number of aliphatic hydroxyl groups excluding tert-OH is 1. The molecule has 9 heteroatoms. The standard InChI is InChI=1S/C66H117N2O6P/c1-6-8-10-12-14-16-18-20-22-24-25-26-27-28-29-30-31-32-33-34-35-36-37-38-39-40-41-42-43-44-46-48-50-52-54-56-58-60-66(70)67-64(63-74-75(71,72)73-62-61-68(3,4)5)65(69)59-57-55-53-51-49-47-45-23-21-19-17-15-13-11-9-7-2/h8,10,14,16,20,22,25-26,28-29,31-32,34-35,49,51,57,59,64-65,69H,6-7,9,11-13,15,17-19,21,23-24,27,30,33,36-48,50,52-56,58,60-63H2,1-5H3,(H-,67,70,71,72)/b10-8-,16-14-,22-20-,26-25-,29-28-,32-31-,35-34-,51-49+,59-57+. The molecule has 432 valence electrons. The SMILES string of the molecule is CC/C=C\C/C=C\C/C=C\C/C=C\C/C=C\C/C=C\C/C=C\CCCCCCCCCCCCCCCCCC(=O)NC(COP(=O)([O-])OCC[N+](C)(C)C)C(O)/C=C/CC/C=C/CCCCCCCCCCCC. The molecule has 0 saturated heterocycles. The number of allylic oxidation sites excluding steroid dienone is 17. The number of phosphoric acid groups is 1. The molecule has 8 nitrogen and oxygen atoms in total. The molecule has 0 saturated carbocycles. The summed E-state index contributed by atoms with van der Waals surface area (Å²) >= 11 is 0. The number of nitrogens with zero attached hydrogens (tertiary/aromatic N) is 1. The van der Waals surface area contributed by atoms with E-state index in [1.54, 1.807) is 6.08 Å². The minimum Gasteiger partial charge on any atom is -0.756 e. The van der Waals surface area contributed by atoms with E-state index in [-0.39, 0.29) is 12.5 Å². The van der Waals surface area contributed by atoms with Gasteiger partial charge in [-0.05, 0) is 89.9 Å². The Morgan fingerprint density at radius 3 is 1.24 bits per heavy atom. The molecule has 0 aromatic carbocycles. The van der Waals surface area contributed by atoms with E-state index in [4.69, 9.17) is 9.05 Å². The van der Waals surface area contributed by atoms with Gasteiger partial charge in [-0.25, -0.2) is 0 Å². The van der Waals surface area contributed by atoms with Crippen LogP contribution in [0.5, 0.6) is 0 Å².